The second kappa shape index (κ2) is 18.8. The van der Waals surface area contributed by atoms with Crippen LogP contribution < -0.4 is 15.2 Å². The molecule has 12 nitrogen and oxygen atoms in total. The molecule has 0 heterocycles. The van der Waals surface area contributed by atoms with Gasteiger partial charge in [0, 0.05) is 12.8 Å². The molecule has 0 spiro atoms. The van der Waals surface area contributed by atoms with Gasteiger partial charge in [0.2, 0.25) is 0 Å². The number of rotatable bonds is 18. The first-order valence-corrected chi connectivity index (χ1v) is 14.4. The normalized spacial score (nSPS) is 13.2. The highest BCUT2D eigenvalue weighted by Gasteiger charge is 2.37. The first kappa shape index (κ1) is 36.5. The number of hydrogen-bond acceptors (Lipinski definition) is 11. The number of nitrogens with two attached hydrogens (primary N) is 1. The van der Waals surface area contributed by atoms with Crippen LogP contribution in [0.1, 0.15) is 85.6 Å². The number of carboxylic acid groups (broad SMARTS) is 1. The van der Waals surface area contributed by atoms with Crippen molar-refractivity contribution in [3.63, 3.8) is 0 Å². The van der Waals surface area contributed by atoms with Crippen LogP contribution in [-0.4, -0.2) is 61.0 Å². The number of carbonyl (C=O) groups is 4. The average molecular weight is 598 g/mol. The van der Waals surface area contributed by atoms with Gasteiger partial charge in [-0.25, -0.2) is 14.4 Å². The van der Waals surface area contributed by atoms with E-state index in [4.69, 9.17) is 34.2 Å². The van der Waals surface area contributed by atoms with Crippen LogP contribution in [0.25, 0.3) is 0 Å². The minimum atomic E-state index is -1.87. The molecule has 1 aromatic carbocycles. The lowest BCUT2D eigenvalue weighted by Crippen LogP contribution is -2.52. The molecule has 0 aliphatic heterocycles. The third kappa shape index (κ3) is 14.9. The maximum Gasteiger partial charge on any atom is 0.513 e. The van der Waals surface area contributed by atoms with Gasteiger partial charge in [0.15, 0.2) is 11.5 Å². The molecule has 42 heavy (non-hydrogen) atoms. The summed E-state index contributed by atoms with van der Waals surface area (Å²) in [7, 11) is 0. The van der Waals surface area contributed by atoms with E-state index in [9.17, 15) is 24.3 Å². The van der Waals surface area contributed by atoms with Crippen LogP contribution in [0.3, 0.4) is 0 Å². The first-order valence-electron chi connectivity index (χ1n) is 14.4. The Balaban J connectivity index is 3.05. The molecular formula is C30H47NO11. The molecule has 2 atom stereocenters. The van der Waals surface area contributed by atoms with E-state index < -0.39 is 36.1 Å². The van der Waals surface area contributed by atoms with Crippen LogP contribution in [0.15, 0.2) is 18.2 Å². The number of aliphatic carboxylic acids is 1. The van der Waals surface area contributed by atoms with Gasteiger partial charge in [-0.05, 0) is 55.7 Å². The van der Waals surface area contributed by atoms with Gasteiger partial charge < -0.3 is 39.3 Å². The minimum Gasteiger partial charge on any atom is -0.480 e. The number of carbonyl (C=O) groups excluding carboxylic acids is 3. The Bertz CT molecular complexity index is 1010. The van der Waals surface area contributed by atoms with Gasteiger partial charge in [0.25, 0.3) is 0 Å². The fourth-order valence-electron chi connectivity index (χ4n) is 3.68. The molecule has 1 unspecified atom stereocenters. The van der Waals surface area contributed by atoms with Crippen LogP contribution in [0.2, 0.25) is 0 Å². The number of hydrogen-bond donors (Lipinski definition) is 2. The zero-order chi connectivity index (χ0) is 31.7. The summed E-state index contributed by atoms with van der Waals surface area (Å²) in [6.45, 7) is 11.9. The van der Waals surface area contributed by atoms with Crippen molar-refractivity contribution in [2.75, 3.05) is 19.8 Å². The molecule has 0 aliphatic carbocycles. The molecule has 238 valence electrons. The van der Waals surface area contributed by atoms with Crippen molar-refractivity contribution in [3.8, 4) is 11.5 Å². The largest absolute Gasteiger partial charge is 0.513 e. The summed E-state index contributed by atoms with van der Waals surface area (Å²) in [5.41, 5.74) is 4.74. The highest BCUT2D eigenvalue weighted by Crippen LogP contribution is 2.31. The van der Waals surface area contributed by atoms with Gasteiger partial charge in [-0.3, -0.25) is 4.79 Å². The van der Waals surface area contributed by atoms with Crippen LogP contribution in [0, 0.1) is 11.8 Å². The molecule has 0 aromatic heterocycles. The van der Waals surface area contributed by atoms with Crippen LogP contribution in [0.5, 0.6) is 11.5 Å². The van der Waals surface area contributed by atoms with Gasteiger partial charge in [0.05, 0.1) is 19.8 Å². The molecule has 1 aromatic rings. The lowest BCUT2D eigenvalue weighted by Gasteiger charge is -2.28. The Labute approximate surface area is 248 Å². The van der Waals surface area contributed by atoms with E-state index in [0.717, 1.165) is 12.8 Å². The van der Waals surface area contributed by atoms with E-state index in [1.807, 2.05) is 34.6 Å². The van der Waals surface area contributed by atoms with E-state index in [-0.39, 0.29) is 44.2 Å². The van der Waals surface area contributed by atoms with Gasteiger partial charge in [-0.15, -0.1) is 0 Å². The SMILES string of the molecule is CCCCCOC(=O)O[C@@H](C)CC(N)(Cc1ccc(OC(=O)OCCC(C)C)c(OC(=O)OCCC(C)C)c1)C(=O)O. The van der Waals surface area contributed by atoms with Gasteiger partial charge in [0.1, 0.15) is 11.6 Å². The number of unbranched alkanes of at least 4 members (excludes halogenated alkanes) is 2. The van der Waals surface area contributed by atoms with E-state index >= 15 is 0 Å². The number of ether oxygens (including phenoxy) is 6. The maximum absolute atomic E-state index is 12.3. The molecule has 1 rings (SSSR count). The van der Waals surface area contributed by atoms with Crippen LogP contribution >= 0.6 is 0 Å². The standard InChI is InChI=1S/C30H47NO11/c1-7-8-9-14-37-27(34)40-22(6)18-30(31,26(32)33)19-23-10-11-24(41-28(35)38-15-12-20(2)3)25(17-23)42-29(36)39-16-13-21(4)5/h10-11,17,20-22H,7-9,12-16,18-19,31H2,1-6H3,(H,32,33)/t22-,30?/m0/s1. The third-order valence-electron chi connectivity index (χ3n) is 6.09. The molecule has 0 saturated carbocycles. The average Bonchev–Trinajstić information content (AvgIpc) is 2.87. The van der Waals surface area contributed by atoms with Gasteiger partial charge in [-0.1, -0.05) is 53.5 Å². The quantitative estimate of drug-likeness (QED) is 0.0844. The monoisotopic (exact) mass is 597 g/mol. The van der Waals surface area contributed by atoms with Crippen molar-refractivity contribution >= 4 is 24.4 Å². The van der Waals surface area contributed by atoms with Gasteiger partial charge in [-0.2, -0.15) is 0 Å². The highest BCUT2D eigenvalue weighted by atomic mass is 16.7. The lowest BCUT2D eigenvalue weighted by molar-refractivity contribution is -0.144. The van der Waals surface area contributed by atoms with Crippen molar-refractivity contribution in [2.24, 2.45) is 17.6 Å². The van der Waals surface area contributed by atoms with Crippen molar-refractivity contribution < 1.29 is 52.7 Å². The fraction of sp³-hybridized carbons (Fsp3) is 0.667. The molecule has 0 amide bonds. The summed E-state index contributed by atoms with van der Waals surface area (Å²) in [6, 6.07) is 4.15. The fourth-order valence-corrected chi connectivity index (χ4v) is 3.68. The summed E-state index contributed by atoms with van der Waals surface area (Å²) in [6.07, 6.45) is -0.466. The van der Waals surface area contributed by atoms with Crippen molar-refractivity contribution in [1.82, 2.24) is 0 Å². The summed E-state index contributed by atoms with van der Waals surface area (Å²) in [5.74, 6) is -1.04. The molecular weight excluding hydrogens is 550 g/mol. The van der Waals surface area contributed by atoms with Crippen molar-refractivity contribution in [3.05, 3.63) is 23.8 Å². The topological polar surface area (TPSA) is 170 Å². The predicted molar refractivity (Wildman–Crippen MR) is 154 cm³/mol. The van der Waals surface area contributed by atoms with Crippen LogP contribution in [-0.2, 0) is 30.2 Å². The molecule has 0 bridgehead atoms. The number of benzene rings is 1. The minimum absolute atomic E-state index is 0.119. The first-order chi connectivity index (χ1) is 19.7. The molecule has 0 fully saturated rings. The van der Waals surface area contributed by atoms with E-state index in [0.29, 0.717) is 36.7 Å². The third-order valence-corrected chi connectivity index (χ3v) is 6.09. The van der Waals surface area contributed by atoms with E-state index in [1.165, 1.54) is 25.1 Å². The second-order valence-electron chi connectivity index (χ2n) is 11.1. The number of carboxylic acids is 1. The predicted octanol–water partition coefficient (Wildman–Crippen LogP) is 6.26. The van der Waals surface area contributed by atoms with Crippen LogP contribution in [0.4, 0.5) is 14.4 Å². The Hall–Kier alpha value is -3.54. The zero-order valence-electron chi connectivity index (χ0n) is 25.6. The highest BCUT2D eigenvalue weighted by molar-refractivity contribution is 5.79. The Morgan fingerprint density at radius 1 is 0.810 bits per heavy atom. The molecule has 3 N–H and O–H groups in total. The maximum atomic E-state index is 12.3. The van der Waals surface area contributed by atoms with E-state index in [2.05, 4.69) is 0 Å². The molecule has 12 heteroatoms. The zero-order valence-corrected chi connectivity index (χ0v) is 25.6. The molecule has 0 radical (unpaired) electrons. The summed E-state index contributed by atoms with van der Waals surface area (Å²) in [5, 5.41) is 9.94. The van der Waals surface area contributed by atoms with Crippen molar-refractivity contribution in [1.29, 1.82) is 0 Å². The smallest absolute Gasteiger partial charge is 0.480 e. The van der Waals surface area contributed by atoms with Gasteiger partial charge >= 0.3 is 24.4 Å². The summed E-state index contributed by atoms with van der Waals surface area (Å²) < 4.78 is 31.0. The second-order valence-corrected chi connectivity index (χ2v) is 11.1. The summed E-state index contributed by atoms with van der Waals surface area (Å²) in [4.78, 5) is 48.7. The molecule has 0 aliphatic rings. The Morgan fingerprint density at radius 3 is 1.88 bits per heavy atom. The summed E-state index contributed by atoms with van der Waals surface area (Å²) >= 11 is 0. The Morgan fingerprint density at radius 2 is 1.36 bits per heavy atom. The van der Waals surface area contributed by atoms with E-state index in [1.54, 1.807) is 0 Å². The lowest BCUT2D eigenvalue weighted by atomic mass is 9.86. The van der Waals surface area contributed by atoms with Crippen molar-refractivity contribution in [2.45, 2.75) is 98.1 Å². The Kier molecular flexibility index (Phi) is 16.3. The molecule has 0 saturated heterocycles.